The summed E-state index contributed by atoms with van der Waals surface area (Å²) in [4.78, 5) is 15.1. The van der Waals surface area contributed by atoms with E-state index in [1.807, 2.05) is 48.5 Å². The highest BCUT2D eigenvalue weighted by Crippen LogP contribution is 2.53. The van der Waals surface area contributed by atoms with Crippen LogP contribution in [-0.2, 0) is 0 Å². The highest BCUT2D eigenvalue weighted by molar-refractivity contribution is 6.12. The van der Waals surface area contributed by atoms with Crippen LogP contribution in [0.5, 0.6) is 0 Å². The van der Waals surface area contributed by atoms with Crippen molar-refractivity contribution < 1.29 is 8.83 Å². The first-order valence-electron chi connectivity index (χ1n) is 19.2. The number of furan rings is 2. The molecule has 0 bridgehead atoms. The number of para-hydroxylation sites is 2. The molecule has 3 heterocycles. The summed E-state index contributed by atoms with van der Waals surface area (Å²) in [5.74, 6) is 1.79. The molecular formula is C52H31N3O2. The van der Waals surface area contributed by atoms with Crippen molar-refractivity contribution in [1.29, 1.82) is 0 Å². The summed E-state index contributed by atoms with van der Waals surface area (Å²) < 4.78 is 13.5. The van der Waals surface area contributed by atoms with E-state index in [9.17, 15) is 0 Å². The second-order valence-electron chi connectivity index (χ2n) is 14.7. The van der Waals surface area contributed by atoms with Crippen molar-refractivity contribution in [2.45, 2.75) is 5.92 Å². The van der Waals surface area contributed by atoms with Gasteiger partial charge in [0.1, 0.15) is 22.3 Å². The maximum atomic E-state index is 6.92. The Hall–Kier alpha value is -7.63. The molecule has 12 rings (SSSR count). The van der Waals surface area contributed by atoms with E-state index in [4.69, 9.17) is 23.8 Å². The summed E-state index contributed by atoms with van der Waals surface area (Å²) in [6.07, 6.45) is 0. The standard InChI is InChI=1S/C52H31N3O2/c1-3-13-31(14-4-1)33-17-11-18-34(29-33)51-53-50(32-15-5-2-6-16-32)54-52(55-51)35-25-26-37-40-22-12-23-43(48(40)57-45(37)30-35)46-38-20-7-8-21-39(38)47-42(46)28-27-41-36-19-9-10-24-44(36)56-49(41)47/h1-30,46H. The quantitative estimate of drug-likeness (QED) is 0.176. The zero-order chi connectivity index (χ0) is 37.5. The van der Waals surface area contributed by atoms with Gasteiger partial charge >= 0.3 is 0 Å². The van der Waals surface area contributed by atoms with Crippen LogP contribution < -0.4 is 0 Å². The topological polar surface area (TPSA) is 65.0 Å². The van der Waals surface area contributed by atoms with Gasteiger partial charge in [0.2, 0.25) is 0 Å². The maximum absolute atomic E-state index is 6.92. The van der Waals surface area contributed by atoms with Gasteiger partial charge < -0.3 is 8.83 Å². The molecule has 0 N–H and O–H groups in total. The van der Waals surface area contributed by atoms with Gasteiger partial charge in [0, 0.05) is 55.3 Å². The molecule has 0 radical (unpaired) electrons. The van der Waals surface area contributed by atoms with Crippen LogP contribution in [0.3, 0.4) is 0 Å². The van der Waals surface area contributed by atoms with Gasteiger partial charge in [-0.2, -0.15) is 0 Å². The fraction of sp³-hybridized carbons (Fsp3) is 0.0192. The molecule has 1 aliphatic rings. The lowest BCUT2D eigenvalue weighted by Gasteiger charge is -2.14. The average Bonchev–Trinajstić information content (AvgIpc) is 3.96. The molecule has 5 heteroatoms. The monoisotopic (exact) mass is 729 g/mol. The zero-order valence-electron chi connectivity index (χ0n) is 30.6. The first-order chi connectivity index (χ1) is 28.2. The molecule has 266 valence electrons. The van der Waals surface area contributed by atoms with E-state index < -0.39 is 0 Å². The minimum atomic E-state index is -0.0243. The van der Waals surface area contributed by atoms with E-state index in [-0.39, 0.29) is 5.92 Å². The third kappa shape index (κ3) is 4.99. The Morgan fingerprint density at radius 3 is 1.74 bits per heavy atom. The van der Waals surface area contributed by atoms with Gasteiger partial charge in [-0.25, -0.2) is 15.0 Å². The molecular weight excluding hydrogens is 699 g/mol. The number of nitrogens with zero attached hydrogens (tertiary/aromatic N) is 3. The largest absolute Gasteiger partial charge is 0.456 e. The van der Waals surface area contributed by atoms with Crippen LogP contribution >= 0.6 is 0 Å². The molecule has 11 aromatic rings. The number of rotatable bonds is 5. The van der Waals surface area contributed by atoms with E-state index in [2.05, 4.69) is 133 Å². The van der Waals surface area contributed by atoms with E-state index in [0.717, 1.165) is 82.8 Å². The van der Waals surface area contributed by atoms with Gasteiger partial charge in [0.05, 0.1) is 0 Å². The minimum Gasteiger partial charge on any atom is -0.456 e. The second kappa shape index (κ2) is 12.4. The third-order valence-corrected chi connectivity index (χ3v) is 11.4. The molecule has 0 aliphatic heterocycles. The van der Waals surface area contributed by atoms with E-state index in [0.29, 0.717) is 17.5 Å². The summed E-state index contributed by atoms with van der Waals surface area (Å²) in [5, 5.41) is 4.38. The highest BCUT2D eigenvalue weighted by Gasteiger charge is 2.34. The lowest BCUT2D eigenvalue weighted by Crippen LogP contribution is -2.00. The van der Waals surface area contributed by atoms with E-state index >= 15 is 0 Å². The normalized spacial score (nSPS) is 13.4. The number of fused-ring (bicyclic) bond motifs is 10. The van der Waals surface area contributed by atoms with Crippen LogP contribution in [-0.4, -0.2) is 15.0 Å². The summed E-state index contributed by atoms with van der Waals surface area (Å²) in [6.45, 7) is 0. The van der Waals surface area contributed by atoms with Gasteiger partial charge in [-0.15, -0.1) is 0 Å². The van der Waals surface area contributed by atoms with Crippen LogP contribution in [0, 0.1) is 0 Å². The maximum Gasteiger partial charge on any atom is 0.164 e. The smallest absolute Gasteiger partial charge is 0.164 e. The van der Waals surface area contributed by atoms with Gasteiger partial charge in [-0.1, -0.05) is 158 Å². The van der Waals surface area contributed by atoms with Gasteiger partial charge in [0.15, 0.2) is 17.5 Å². The van der Waals surface area contributed by atoms with Crippen LogP contribution in [0.4, 0.5) is 0 Å². The number of hydrogen-bond donors (Lipinski definition) is 0. The predicted molar refractivity (Wildman–Crippen MR) is 229 cm³/mol. The first-order valence-corrected chi connectivity index (χ1v) is 19.2. The Bertz CT molecular complexity index is 3360. The highest BCUT2D eigenvalue weighted by atomic mass is 16.3. The Kier molecular flexibility index (Phi) is 6.92. The predicted octanol–water partition coefficient (Wildman–Crippen LogP) is 13.5. The van der Waals surface area contributed by atoms with Crippen molar-refractivity contribution in [1.82, 2.24) is 15.0 Å². The molecule has 1 atom stereocenters. The van der Waals surface area contributed by atoms with Crippen molar-refractivity contribution >= 4 is 43.9 Å². The van der Waals surface area contributed by atoms with Crippen LogP contribution in [0.1, 0.15) is 22.6 Å². The SMILES string of the molecule is c1ccc(-c2cccc(-c3nc(-c4ccccc4)nc(-c4ccc5c(c4)oc4c(C6c7ccccc7-c7c6ccc6c7oc7ccccc76)cccc45)n3)c2)cc1. The lowest BCUT2D eigenvalue weighted by atomic mass is 9.88. The second-order valence-corrected chi connectivity index (χ2v) is 14.7. The minimum absolute atomic E-state index is 0.0243. The van der Waals surface area contributed by atoms with Crippen molar-refractivity contribution in [2.24, 2.45) is 0 Å². The third-order valence-electron chi connectivity index (χ3n) is 11.4. The number of benzene rings is 8. The summed E-state index contributed by atoms with van der Waals surface area (Å²) in [6, 6.07) is 63.1. The molecule has 0 amide bonds. The van der Waals surface area contributed by atoms with Crippen LogP contribution in [0.25, 0.3) is 100 Å². The fourth-order valence-electron chi connectivity index (χ4n) is 8.81. The lowest BCUT2D eigenvalue weighted by molar-refractivity contribution is 0.661. The Morgan fingerprint density at radius 1 is 0.333 bits per heavy atom. The number of hydrogen-bond acceptors (Lipinski definition) is 5. The zero-order valence-corrected chi connectivity index (χ0v) is 30.6. The molecule has 1 aliphatic carbocycles. The van der Waals surface area contributed by atoms with E-state index in [1.165, 1.54) is 16.7 Å². The Balaban J connectivity index is 1.01. The summed E-state index contributed by atoms with van der Waals surface area (Å²) >= 11 is 0. The molecule has 0 fully saturated rings. The van der Waals surface area contributed by atoms with Crippen molar-refractivity contribution in [2.75, 3.05) is 0 Å². The molecule has 1 unspecified atom stereocenters. The average molecular weight is 730 g/mol. The van der Waals surface area contributed by atoms with E-state index in [1.54, 1.807) is 0 Å². The van der Waals surface area contributed by atoms with Crippen molar-refractivity contribution in [3.05, 3.63) is 199 Å². The molecule has 57 heavy (non-hydrogen) atoms. The molecule has 3 aromatic heterocycles. The molecule has 8 aromatic carbocycles. The van der Waals surface area contributed by atoms with Crippen molar-refractivity contribution in [3.8, 4) is 56.4 Å². The van der Waals surface area contributed by atoms with Crippen LogP contribution in [0.2, 0.25) is 0 Å². The first kappa shape index (κ1) is 31.7. The van der Waals surface area contributed by atoms with Crippen molar-refractivity contribution in [3.63, 3.8) is 0 Å². The Labute approximate surface area is 327 Å². The van der Waals surface area contributed by atoms with Gasteiger partial charge in [-0.3, -0.25) is 0 Å². The Morgan fingerprint density at radius 2 is 0.895 bits per heavy atom. The fourth-order valence-corrected chi connectivity index (χ4v) is 8.81. The molecule has 0 spiro atoms. The van der Waals surface area contributed by atoms with Gasteiger partial charge in [0.25, 0.3) is 0 Å². The number of aromatic nitrogens is 3. The molecule has 5 nitrogen and oxygen atoms in total. The summed E-state index contributed by atoms with van der Waals surface area (Å²) in [7, 11) is 0. The molecule has 0 saturated heterocycles. The van der Waals surface area contributed by atoms with Crippen LogP contribution in [0.15, 0.2) is 191 Å². The van der Waals surface area contributed by atoms with Gasteiger partial charge in [-0.05, 0) is 52.1 Å². The summed E-state index contributed by atoms with van der Waals surface area (Å²) in [5.41, 5.74) is 14.4. The molecule has 0 saturated carbocycles.